The molecule has 1 aliphatic rings. The number of rotatable bonds is 6. The molecule has 21 heavy (non-hydrogen) atoms. The standard InChI is InChI=1S/C19H32N2/c1-6-12-20-19-17-11-9-8-10-16(17)15(5)13-18(19)21(7-2)14(3)4/h8-11,14-15,18-20H,6-7,12-13H2,1-5H3. The van der Waals surface area contributed by atoms with Crippen LogP contribution in [0.1, 0.15) is 70.5 Å². The highest BCUT2D eigenvalue weighted by molar-refractivity contribution is 5.36. The average Bonchev–Trinajstić information content (AvgIpc) is 2.47. The predicted molar refractivity (Wildman–Crippen MR) is 91.8 cm³/mol. The molecule has 0 heterocycles. The molecule has 3 atom stereocenters. The van der Waals surface area contributed by atoms with E-state index in [0.29, 0.717) is 24.0 Å². The molecule has 2 nitrogen and oxygen atoms in total. The van der Waals surface area contributed by atoms with Crippen LogP contribution in [0.15, 0.2) is 24.3 Å². The number of benzene rings is 1. The van der Waals surface area contributed by atoms with Crippen molar-refractivity contribution in [1.29, 1.82) is 0 Å². The first-order valence-corrected chi connectivity index (χ1v) is 8.68. The second kappa shape index (κ2) is 7.42. The van der Waals surface area contributed by atoms with Gasteiger partial charge in [0.25, 0.3) is 0 Å². The number of fused-ring (bicyclic) bond motifs is 1. The van der Waals surface area contributed by atoms with Crippen LogP contribution in [-0.2, 0) is 0 Å². The zero-order valence-electron chi connectivity index (χ0n) is 14.4. The quantitative estimate of drug-likeness (QED) is 0.838. The molecule has 1 aromatic carbocycles. The van der Waals surface area contributed by atoms with Crippen molar-refractivity contribution in [3.63, 3.8) is 0 Å². The first-order valence-electron chi connectivity index (χ1n) is 8.68. The fourth-order valence-electron chi connectivity index (χ4n) is 3.93. The molecule has 0 saturated carbocycles. The normalized spacial score (nSPS) is 25.4. The van der Waals surface area contributed by atoms with E-state index in [0.717, 1.165) is 13.1 Å². The summed E-state index contributed by atoms with van der Waals surface area (Å²) in [7, 11) is 0. The molecular weight excluding hydrogens is 256 g/mol. The van der Waals surface area contributed by atoms with Crippen molar-refractivity contribution in [2.45, 2.75) is 71.5 Å². The smallest absolute Gasteiger partial charge is 0.0481 e. The summed E-state index contributed by atoms with van der Waals surface area (Å²) in [6.07, 6.45) is 2.44. The zero-order chi connectivity index (χ0) is 15.4. The molecule has 0 fully saturated rings. The molecule has 1 aliphatic carbocycles. The number of hydrogen-bond donors (Lipinski definition) is 1. The first kappa shape index (κ1) is 16.5. The molecule has 2 rings (SSSR count). The molecule has 0 amide bonds. The van der Waals surface area contributed by atoms with Crippen LogP contribution in [0.5, 0.6) is 0 Å². The Kier molecular flexibility index (Phi) is 5.83. The van der Waals surface area contributed by atoms with Crippen molar-refractivity contribution in [1.82, 2.24) is 10.2 Å². The molecule has 3 unspecified atom stereocenters. The van der Waals surface area contributed by atoms with E-state index in [9.17, 15) is 0 Å². The predicted octanol–water partition coefficient (Wildman–Crippen LogP) is 4.33. The highest BCUT2D eigenvalue weighted by Crippen LogP contribution is 2.40. The molecule has 0 spiro atoms. The van der Waals surface area contributed by atoms with E-state index in [1.165, 1.54) is 18.4 Å². The topological polar surface area (TPSA) is 15.3 Å². The van der Waals surface area contributed by atoms with E-state index in [4.69, 9.17) is 0 Å². The van der Waals surface area contributed by atoms with Gasteiger partial charge in [-0.05, 0) is 56.8 Å². The molecule has 0 aromatic heterocycles. The van der Waals surface area contributed by atoms with Gasteiger partial charge < -0.3 is 5.32 Å². The van der Waals surface area contributed by atoms with Gasteiger partial charge in [0.15, 0.2) is 0 Å². The van der Waals surface area contributed by atoms with Crippen molar-refractivity contribution in [2.75, 3.05) is 13.1 Å². The van der Waals surface area contributed by atoms with E-state index in [1.54, 1.807) is 5.56 Å². The number of hydrogen-bond acceptors (Lipinski definition) is 2. The van der Waals surface area contributed by atoms with E-state index in [1.807, 2.05) is 0 Å². The van der Waals surface area contributed by atoms with Crippen molar-refractivity contribution in [3.8, 4) is 0 Å². The minimum atomic E-state index is 0.472. The van der Waals surface area contributed by atoms with Crippen LogP contribution in [-0.4, -0.2) is 30.1 Å². The maximum absolute atomic E-state index is 3.83. The van der Waals surface area contributed by atoms with Crippen molar-refractivity contribution in [2.24, 2.45) is 0 Å². The van der Waals surface area contributed by atoms with Gasteiger partial charge in [0.05, 0.1) is 0 Å². The van der Waals surface area contributed by atoms with Gasteiger partial charge >= 0.3 is 0 Å². The molecule has 0 aliphatic heterocycles. The van der Waals surface area contributed by atoms with E-state index in [-0.39, 0.29) is 0 Å². The third-order valence-electron chi connectivity index (χ3n) is 4.91. The molecule has 2 heteroatoms. The molecule has 0 radical (unpaired) electrons. The van der Waals surface area contributed by atoms with Gasteiger partial charge in [-0.25, -0.2) is 0 Å². The van der Waals surface area contributed by atoms with Crippen LogP contribution >= 0.6 is 0 Å². The Bertz CT molecular complexity index is 441. The minimum absolute atomic E-state index is 0.472. The van der Waals surface area contributed by atoms with Crippen LogP contribution in [0.2, 0.25) is 0 Å². The summed E-state index contributed by atoms with van der Waals surface area (Å²) in [5.74, 6) is 0.652. The van der Waals surface area contributed by atoms with Crippen molar-refractivity contribution in [3.05, 3.63) is 35.4 Å². The highest BCUT2D eigenvalue weighted by atomic mass is 15.2. The third-order valence-corrected chi connectivity index (χ3v) is 4.91. The molecule has 0 saturated heterocycles. The lowest BCUT2D eigenvalue weighted by Gasteiger charge is -2.45. The second-order valence-corrected chi connectivity index (χ2v) is 6.69. The van der Waals surface area contributed by atoms with E-state index in [2.05, 4.69) is 69.1 Å². The van der Waals surface area contributed by atoms with Crippen LogP contribution in [0, 0.1) is 0 Å². The van der Waals surface area contributed by atoms with Gasteiger partial charge in [0.1, 0.15) is 0 Å². The van der Waals surface area contributed by atoms with Crippen LogP contribution in [0.3, 0.4) is 0 Å². The molecule has 1 aromatic rings. The third kappa shape index (κ3) is 3.49. The zero-order valence-corrected chi connectivity index (χ0v) is 14.4. The Balaban J connectivity index is 2.36. The van der Waals surface area contributed by atoms with E-state index >= 15 is 0 Å². The van der Waals surface area contributed by atoms with Gasteiger partial charge in [0, 0.05) is 18.1 Å². The summed E-state index contributed by atoms with van der Waals surface area (Å²) < 4.78 is 0. The Morgan fingerprint density at radius 3 is 2.43 bits per heavy atom. The number of nitrogens with zero attached hydrogens (tertiary/aromatic N) is 1. The first-order chi connectivity index (χ1) is 10.1. The maximum atomic E-state index is 3.83. The summed E-state index contributed by atoms with van der Waals surface area (Å²) >= 11 is 0. The van der Waals surface area contributed by atoms with Crippen LogP contribution in [0.4, 0.5) is 0 Å². The van der Waals surface area contributed by atoms with Crippen LogP contribution < -0.4 is 5.32 Å². The molecule has 118 valence electrons. The van der Waals surface area contributed by atoms with E-state index < -0.39 is 0 Å². The van der Waals surface area contributed by atoms with Gasteiger partial charge in [0.2, 0.25) is 0 Å². The molecular formula is C19H32N2. The largest absolute Gasteiger partial charge is 0.309 e. The minimum Gasteiger partial charge on any atom is -0.309 e. The van der Waals surface area contributed by atoms with Crippen molar-refractivity contribution >= 4 is 0 Å². The Labute approximate surface area is 130 Å². The molecule has 1 N–H and O–H groups in total. The number of likely N-dealkylation sites (N-methyl/N-ethyl adjacent to an activating group) is 1. The summed E-state index contributed by atoms with van der Waals surface area (Å²) in [6, 6.07) is 10.7. The van der Waals surface area contributed by atoms with Crippen molar-refractivity contribution < 1.29 is 0 Å². The summed E-state index contributed by atoms with van der Waals surface area (Å²) in [6.45, 7) is 13.8. The summed E-state index contributed by atoms with van der Waals surface area (Å²) in [5.41, 5.74) is 3.07. The Morgan fingerprint density at radius 2 is 1.86 bits per heavy atom. The van der Waals surface area contributed by atoms with Gasteiger partial charge in [-0.2, -0.15) is 0 Å². The second-order valence-electron chi connectivity index (χ2n) is 6.69. The SMILES string of the molecule is CCCNC1c2ccccc2C(C)CC1N(CC)C(C)C. The van der Waals surface area contributed by atoms with Gasteiger partial charge in [-0.15, -0.1) is 0 Å². The monoisotopic (exact) mass is 288 g/mol. The lowest BCUT2D eigenvalue weighted by atomic mass is 9.77. The van der Waals surface area contributed by atoms with Gasteiger partial charge in [-0.3, -0.25) is 4.90 Å². The Hall–Kier alpha value is -0.860. The fraction of sp³-hybridized carbons (Fsp3) is 0.684. The fourth-order valence-corrected chi connectivity index (χ4v) is 3.93. The summed E-state index contributed by atoms with van der Waals surface area (Å²) in [5, 5.41) is 3.83. The highest BCUT2D eigenvalue weighted by Gasteiger charge is 2.36. The summed E-state index contributed by atoms with van der Waals surface area (Å²) in [4.78, 5) is 2.67. The lowest BCUT2D eigenvalue weighted by Crippen LogP contribution is -2.50. The average molecular weight is 288 g/mol. The Morgan fingerprint density at radius 1 is 1.19 bits per heavy atom. The molecule has 0 bridgehead atoms. The lowest BCUT2D eigenvalue weighted by molar-refractivity contribution is 0.107. The maximum Gasteiger partial charge on any atom is 0.0481 e. The van der Waals surface area contributed by atoms with Crippen LogP contribution in [0.25, 0.3) is 0 Å². The van der Waals surface area contributed by atoms with Gasteiger partial charge in [-0.1, -0.05) is 45.0 Å². The number of nitrogens with one attached hydrogen (secondary N) is 1.